The quantitative estimate of drug-likeness (QED) is 0.157. The maximum absolute atomic E-state index is 11.5. The van der Waals surface area contributed by atoms with E-state index in [1.54, 1.807) is 0 Å². The van der Waals surface area contributed by atoms with Gasteiger partial charge in [-0.05, 0) is 146 Å². The van der Waals surface area contributed by atoms with Crippen LogP contribution in [0, 0.1) is 27.7 Å². The summed E-state index contributed by atoms with van der Waals surface area (Å²) in [5.41, 5.74) is 9.13. The van der Waals surface area contributed by atoms with Crippen LogP contribution in [0.2, 0.25) is 0 Å². The molecule has 0 amide bonds. The van der Waals surface area contributed by atoms with Crippen LogP contribution >= 0.6 is 0 Å². The smallest absolute Gasteiger partial charge is 0.119 e. The molecule has 0 aromatic heterocycles. The van der Waals surface area contributed by atoms with Crippen molar-refractivity contribution >= 4 is 0 Å². The molecule has 4 nitrogen and oxygen atoms in total. The second-order valence-electron chi connectivity index (χ2n) is 19.3. The van der Waals surface area contributed by atoms with Gasteiger partial charge in [-0.15, -0.1) is 0 Å². The molecule has 0 aliphatic rings. The normalized spacial score (nSPS) is 13.8. The molecule has 0 bridgehead atoms. The fraction of sp³-hybridized carbons (Fsp3) is 0.489. The molecule has 0 saturated heterocycles. The summed E-state index contributed by atoms with van der Waals surface area (Å²) in [6, 6.07) is 16.4. The number of phenols is 4. The van der Waals surface area contributed by atoms with Gasteiger partial charge < -0.3 is 20.4 Å². The molecule has 1 atom stereocenters. The van der Waals surface area contributed by atoms with E-state index in [4.69, 9.17) is 0 Å². The predicted molar refractivity (Wildman–Crippen MR) is 214 cm³/mol. The zero-order valence-electron chi connectivity index (χ0n) is 34.5. The minimum absolute atomic E-state index is 0.234. The number of rotatable bonds is 5. The summed E-state index contributed by atoms with van der Waals surface area (Å²) in [6.07, 6.45) is 0. The van der Waals surface area contributed by atoms with Crippen molar-refractivity contribution in [2.75, 3.05) is 0 Å². The first-order chi connectivity index (χ1) is 23.0. The molecule has 0 radical (unpaired) electrons. The zero-order valence-corrected chi connectivity index (χ0v) is 34.5. The maximum Gasteiger partial charge on any atom is 0.119 e. The molecule has 0 saturated carbocycles. The Morgan fingerprint density at radius 1 is 0.353 bits per heavy atom. The Morgan fingerprint density at radius 3 is 0.843 bits per heavy atom. The Kier molecular flexibility index (Phi) is 10.1. The third kappa shape index (κ3) is 7.13. The van der Waals surface area contributed by atoms with Crippen LogP contribution in [0.3, 0.4) is 0 Å². The van der Waals surface area contributed by atoms with E-state index in [0.717, 1.165) is 66.8 Å². The Hall–Kier alpha value is -3.92. The molecule has 4 rings (SSSR count). The van der Waals surface area contributed by atoms with Gasteiger partial charge in [-0.1, -0.05) is 114 Å². The van der Waals surface area contributed by atoms with Gasteiger partial charge in [-0.3, -0.25) is 0 Å². The predicted octanol–water partition coefficient (Wildman–Crippen LogP) is 12.1. The number of aryl methyl sites for hydroxylation is 4. The number of phenolic OH excluding ortho intramolecular Hbond substituents is 4. The van der Waals surface area contributed by atoms with Crippen molar-refractivity contribution in [3.63, 3.8) is 0 Å². The third-order valence-electron chi connectivity index (χ3n) is 11.0. The van der Waals surface area contributed by atoms with Crippen LogP contribution in [-0.4, -0.2) is 20.4 Å². The van der Waals surface area contributed by atoms with E-state index in [1.807, 2.05) is 24.3 Å². The Balaban J connectivity index is 2.47. The number of aromatic hydroxyl groups is 4. The molecule has 4 aromatic rings. The molecule has 4 N–H and O–H groups in total. The van der Waals surface area contributed by atoms with Crippen LogP contribution in [-0.2, 0) is 27.1 Å². The fourth-order valence-electron chi connectivity index (χ4n) is 8.30. The summed E-state index contributed by atoms with van der Waals surface area (Å²) in [6.45, 7) is 36.1. The minimum atomic E-state index is -0.899. The average molecular weight is 693 g/mol. The lowest BCUT2D eigenvalue weighted by Gasteiger charge is -2.46. The van der Waals surface area contributed by atoms with Gasteiger partial charge in [-0.25, -0.2) is 0 Å². The Labute approximate surface area is 308 Å². The molecule has 0 heterocycles. The molecule has 1 unspecified atom stereocenters. The SMILES string of the molecule is Cc1cc(O)c(C(C)(C)C)cc1C(C)C(c1cc(C(C)(C)C)c(O)cc1C)(c1cc(C(C)(C)C)c(O)cc1C)c1cc(C(C)(C)C)c(O)cc1C. The van der Waals surface area contributed by atoms with Crippen molar-refractivity contribution in [3.8, 4) is 23.0 Å². The molecule has 276 valence electrons. The highest BCUT2D eigenvalue weighted by molar-refractivity contribution is 5.66. The van der Waals surface area contributed by atoms with E-state index in [2.05, 4.69) is 142 Å². The van der Waals surface area contributed by atoms with Crippen LogP contribution in [0.25, 0.3) is 0 Å². The second-order valence-corrected chi connectivity index (χ2v) is 19.3. The summed E-state index contributed by atoms with van der Waals surface area (Å²) >= 11 is 0. The van der Waals surface area contributed by atoms with Gasteiger partial charge in [0.2, 0.25) is 0 Å². The molecule has 0 aliphatic heterocycles. The standard InChI is InChI=1S/C47H64O4/c1-26-18-39(48)35(43(6,7)8)22-31(26)30(5)47(32-23-36(44(9,10)11)40(49)19-27(32)2,33-24-37(45(12,13)14)41(50)20-28(33)3)34-25-38(46(15,16)17)42(51)21-29(34)4/h18-25,30,48-51H,1-17H3. The first-order valence-corrected chi connectivity index (χ1v) is 18.4. The van der Waals surface area contributed by atoms with Crippen LogP contribution in [0.15, 0.2) is 48.5 Å². The van der Waals surface area contributed by atoms with Crippen molar-refractivity contribution in [1.82, 2.24) is 0 Å². The summed E-state index contributed by atoms with van der Waals surface area (Å²) < 4.78 is 0. The van der Waals surface area contributed by atoms with E-state index >= 15 is 0 Å². The average Bonchev–Trinajstić information content (AvgIpc) is 2.92. The lowest BCUT2D eigenvalue weighted by molar-refractivity contribution is 0.431. The molecule has 0 aliphatic carbocycles. The van der Waals surface area contributed by atoms with Crippen LogP contribution in [0.5, 0.6) is 23.0 Å². The molecule has 51 heavy (non-hydrogen) atoms. The van der Waals surface area contributed by atoms with Crippen LogP contribution in [0.4, 0.5) is 0 Å². The lowest BCUT2D eigenvalue weighted by Crippen LogP contribution is -2.39. The Bertz CT molecular complexity index is 1800. The monoisotopic (exact) mass is 692 g/mol. The van der Waals surface area contributed by atoms with E-state index in [9.17, 15) is 20.4 Å². The second kappa shape index (κ2) is 12.9. The molecule has 0 spiro atoms. The van der Waals surface area contributed by atoms with Crippen molar-refractivity contribution in [1.29, 1.82) is 0 Å². The van der Waals surface area contributed by atoms with Gasteiger partial charge in [0.15, 0.2) is 0 Å². The van der Waals surface area contributed by atoms with E-state index in [-0.39, 0.29) is 50.6 Å². The van der Waals surface area contributed by atoms with Gasteiger partial charge in [0.25, 0.3) is 0 Å². The molecule has 4 aromatic carbocycles. The lowest BCUT2D eigenvalue weighted by atomic mass is 9.56. The van der Waals surface area contributed by atoms with Gasteiger partial charge in [0, 0.05) is 0 Å². The summed E-state index contributed by atoms with van der Waals surface area (Å²) in [5.74, 6) is 0.830. The first-order valence-electron chi connectivity index (χ1n) is 18.4. The summed E-state index contributed by atoms with van der Waals surface area (Å²) in [4.78, 5) is 0. The Morgan fingerprint density at radius 2 is 0.588 bits per heavy atom. The van der Waals surface area contributed by atoms with Crippen LogP contribution in [0.1, 0.15) is 163 Å². The highest BCUT2D eigenvalue weighted by Gasteiger charge is 2.48. The minimum Gasteiger partial charge on any atom is -0.508 e. The molecule has 0 fully saturated rings. The highest BCUT2D eigenvalue weighted by Crippen LogP contribution is 2.57. The van der Waals surface area contributed by atoms with Crippen LogP contribution < -0.4 is 0 Å². The van der Waals surface area contributed by atoms with Gasteiger partial charge in [-0.2, -0.15) is 0 Å². The van der Waals surface area contributed by atoms with Crippen molar-refractivity contribution in [3.05, 3.63) is 115 Å². The number of benzene rings is 4. The third-order valence-corrected chi connectivity index (χ3v) is 11.0. The highest BCUT2D eigenvalue weighted by atomic mass is 16.3. The first kappa shape index (κ1) is 39.9. The molecular formula is C47H64O4. The topological polar surface area (TPSA) is 80.9 Å². The van der Waals surface area contributed by atoms with Crippen molar-refractivity contribution in [2.45, 2.75) is 151 Å². The maximum atomic E-state index is 11.5. The van der Waals surface area contributed by atoms with Crippen molar-refractivity contribution in [2.24, 2.45) is 0 Å². The molecule has 4 heteroatoms. The van der Waals surface area contributed by atoms with E-state index in [0.29, 0.717) is 0 Å². The largest absolute Gasteiger partial charge is 0.508 e. The van der Waals surface area contributed by atoms with E-state index < -0.39 is 5.41 Å². The fourth-order valence-corrected chi connectivity index (χ4v) is 8.30. The summed E-state index contributed by atoms with van der Waals surface area (Å²) in [7, 11) is 0. The number of hydrogen-bond donors (Lipinski definition) is 4. The number of hydrogen-bond acceptors (Lipinski definition) is 4. The van der Waals surface area contributed by atoms with Gasteiger partial charge >= 0.3 is 0 Å². The van der Waals surface area contributed by atoms with Crippen molar-refractivity contribution < 1.29 is 20.4 Å². The molecular weight excluding hydrogens is 629 g/mol. The van der Waals surface area contributed by atoms with E-state index in [1.165, 1.54) is 0 Å². The van der Waals surface area contributed by atoms with Gasteiger partial charge in [0.05, 0.1) is 5.41 Å². The zero-order chi connectivity index (χ0) is 39.0. The summed E-state index contributed by atoms with van der Waals surface area (Å²) in [5, 5.41) is 45.8. The van der Waals surface area contributed by atoms with Gasteiger partial charge in [0.1, 0.15) is 23.0 Å².